The average molecular weight is 270 g/mol. The molecule has 1 unspecified atom stereocenters. The summed E-state index contributed by atoms with van der Waals surface area (Å²) in [5.74, 6) is 0.624. The molecule has 1 aromatic heterocycles. The minimum atomic E-state index is 0.182. The molecule has 0 spiro atoms. The van der Waals surface area contributed by atoms with Crippen molar-refractivity contribution in [1.82, 2.24) is 9.78 Å². The minimum Gasteiger partial charge on any atom is -0.299 e. The summed E-state index contributed by atoms with van der Waals surface area (Å²) < 4.78 is 2.05. The van der Waals surface area contributed by atoms with Crippen LogP contribution in [0.3, 0.4) is 0 Å². The van der Waals surface area contributed by atoms with E-state index in [9.17, 15) is 4.79 Å². The number of hydrogen-bond donors (Lipinski definition) is 0. The van der Waals surface area contributed by atoms with Crippen LogP contribution in [-0.4, -0.2) is 15.6 Å². The third-order valence-electron chi connectivity index (χ3n) is 4.40. The van der Waals surface area contributed by atoms with Crippen molar-refractivity contribution in [3.8, 4) is 0 Å². The molecule has 1 atom stereocenters. The first-order valence-corrected chi connectivity index (χ1v) is 7.76. The Hall–Kier alpha value is -1.64. The number of nitrogens with zero attached hydrogens (tertiary/aromatic N) is 2. The summed E-state index contributed by atoms with van der Waals surface area (Å²) in [4.78, 5) is 12.2. The van der Waals surface area contributed by atoms with Gasteiger partial charge >= 0.3 is 0 Å². The van der Waals surface area contributed by atoms with Gasteiger partial charge in [-0.15, -0.1) is 0 Å². The number of aromatic nitrogens is 2. The van der Waals surface area contributed by atoms with Crippen molar-refractivity contribution in [3.63, 3.8) is 0 Å². The standard InChI is InChI=1S/C17H22N2O/c1-2-19-16-10-7-6-9-14(16)15(18-19)12-13-8-4-3-5-11-17(13)20/h6-7,9-10,13H,2-5,8,11-12H2,1H3. The number of carbonyl (C=O) groups excluding carboxylic acids is 1. The van der Waals surface area contributed by atoms with Gasteiger partial charge in [-0.25, -0.2) is 0 Å². The number of benzene rings is 1. The van der Waals surface area contributed by atoms with Crippen molar-refractivity contribution in [3.05, 3.63) is 30.0 Å². The summed E-state index contributed by atoms with van der Waals surface area (Å²) in [7, 11) is 0. The molecule has 2 aromatic rings. The second kappa shape index (κ2) is 5.78. The van der Waals surface area contributed by atoms with Crippen molar-refractivity contribution >= 4 is 16.7 Å². The molecule has 106 valence electrons. The van der Waals surface area contributed by atoms with Gasteiger partial charge in [0.05, 0.1) is 11.2 Å². The Morgan fingerprint density at radius 1 is 1.25 bits per heavy atom. The Balaban J connectivity index is 1.92. The van der Waals surface area contributed by atoms with Crippen LogP contribution in [0.5, 0.6) is 0 Å². The minimum absolute atomic E-state index is 0.182. The molecular weight excluding hydrogens is 248 g/mol. The average Bonchev–Trinajstić information content (AvgIpc) is 2.70. The SMILES string of the molecule is CCn1nc(CC2CCCCCC2=O)c2ccccc21. The Morgan fingerprint density at radius 3 is 2.95 bits per heavy atom. The number of Topliss-reactive ketones (excluding diaryl/α,β-unsaturated/α-hetero) is 1. The Kier molecular flexibility index (Phi) is 3.86. The fourth-order valence-electron chi connectivity index (χ4n) is 3.27. The van der Waals surface area contributed by atoms with Crippen molar-refractivity contribution in [2.75, 3.05) is 0 Å². The van der Waals surface area contributed by atoms with Crippen LogP contribution in [0.25, 0.3) is 10.9 Å². The van der Waals surface area contributed by atoms with Crippen molar-refractivity contribution in [1.29, 1.82) is 0 Å². The van der Waals surface area contributed by atoms with Crippen LogP contribution in [0.4, 0.5) is 0 Å². The topological polar surface area (TPSA) is 34.9 Å². The van der Waals surface area contributed by atoms with E-state index in [0.717, 1.165) is 37.9 Å². The van der Waals surface area contributed by atoms with Gasteiger partial charge in [0.1, 0.15) is 5.78 Å². The molecule has 3 nitrogen and oxygen atoms in total. The second-order valence-electron chi connectivity index (χ2n) is 5.75. The van der Waals surface area contributed by atoms with Crippen LogP contribution in [0.15, 0.2) is 24.3 Å². The molecule has 3 heteroatoms. The number of hydrogen-bond acceptors (Lipinski definition) is 2. The van der Waals surface area contributed by atoms with Crippen LogP contribution in [-0.2, 0) is 17.8 Å². The van der Waals surface area contributed by atoms with E-state index in [4.69, 9.17) is 5.10 Å². The Bertz CT molecular complexity index is 614. The van der Waals surface area contributed by atoms with Crippen molar-refractivity contribution in [2.24, 2.45) is 5.92 Å². The molecule has 1 fully saturated rings. The molecule has 0 bridgehead atoms. The van der Waals surface area contributed by atoms with Crippen LogP contribution < -0.4 is 0 Å². The van der Waals surface area contributed by atoms with Gasteiger partial charge in [0, 0.05) is 30.7 Å². The van der Waals surface area contributed by atoms with Gasteiger partial charge in [-0.05, 0) is 25.8 Å². The largest absolute Gasteiger partial charge is 0.299 e. The van der Waals surface area contributed by atoms with Gasteiger partial charge in [0.2, 0.25) is 0 Å². The number of rotatable bonds is 3. The predicted octanol–water partition coefficient (Wildman–Crippen LogP) is 3.75. The molecule has 0 aliphatic heterocycles. The summed E-state index contributed by atoms with van der Waals surface area (Å²) >= 11 is 0. The van der Waals surface area contributed by atoms with Gasteiger partial charge in [0.25, 0.3) is 0 Å². The molecule has 1 saturated carbocycles. The molecule has 1 aliphatic rings. The highest BCUT2D eigenvalue weighted by Crippen LogP contribution is 2.26. The lowest BCUT2D eigenvalue weighted by Crippen LogP contribution is -2.15. The molecule has 1 heterocycles. The quantitative estimate of drug-likeness (QED) is 0.796. The van der Waals surface area contributed by atoms with Gasteiger partial charge in [0.15, 0.2) is 0 Å². The summed E-state index contributed by atoms with van der Waals surface area (Å²) in [5.41, 5.74) is 2.29. The number of fused-ring (bicyclic) bond motifs is 1. The van der Waals surface area contributed by atoms with Crippen molar-refractivity contribution in [2.45, 2.75) is 52.0 Å². The monoisotopic (exact) mass is 270 g/mol. The van der Waals surface area contributed by atoms with Gasteiger partial charge in [-0.2, -0.15) is 5.10 Å². The van der Waals surface area contributed by atoms with Gasteiger partial charge < -0.3 is 0 Å². The predicted molar refractivity (Wildman–Crippen MR) is 80.7 cm³/mol. The van der Waals surface area contributed by atoms with E-state index in [2.05, 4.69) is 31.2 Å². The first-order chi connectivity index (χ1) is 9.79. The van der Waals surface area contributed by atoms with Crippen LogP contribution in [0, 0.1) is 5.92 Å². The lowest BCUT2D eigenvalue weighted by molar-refractivity contribution is -0.122. The maximum absolute atomic E-state index is 12.2. The third kappa shape index (κ3) is 2.49. The lowest BCUT2D eigenvalue weighted by atomic mass is 9.93. The summed E-state index contributed by atoms with van der Waals surface area (Å²) in [6.45, 7) is 2.99. The number of para-hydroxylation sites is 1. The van der Waals surface area contributed by atoms with Crippen molar-refractivity contribution < 1.29 is 4.79 Å². The summed E-state index contributed by atoms with van der Waals surface area (Å²) in [5, 5.41) is 5.95. The fourth-order valence-corrected chi connectivity index (χ4v) is 3.27. The zero-order valence-electron chi connectivity index (χ0n) is 12.1. The molecule has 1 aliphatic carbocycles. The third-order valence-corrected chi connectivity index (χ3v) is 4.40. The molecule has 20 heavy (non-hydrogen) atoms. The summed E-state index contributed by atoms with van der Waals surface area (Å²) in [6, 6.07) is 8.36. The maximum atomic E-state index is 12.2. The number of carbonyl (C=O) groups is 1. The van der Waals surface area contributed by atoms with Crippen LogP contribution in [0.1, 0.15) is 44.7 Å². The zero-order chi connectivity index (χ0) is 13.9. The Morgan fingerprint density at radius 2 is 2.10 bits per heavy atom. The highest BCUT2D eigenvalue weighted by atomic mass is 16.1. The first kappa shape index (κ1) is 13.3. The first-order valence-electron chi connectivity index (χ1n) is 7.76. The summed E-state index contributed by atoms with van der Waals surface area (Å²) in [6.07, 6.45) is 6.06. The molecule has 0 radical (unpaired) electrons. The van der Waals surface area contributed by atoms with E-state index in [-0.39, 0.29) is 5.92 Å². The molecule has 1 aromatic carbocycles. The lowest BCUT2D eigenvalue weighted by Gasteiger charge is -2.11. The van der Waals surface area contributed by atoms with E-state index in [1.807, 2.05) is 4.68 Å². The number of ketones is 1. The molecule has 3 rings (SSSR count). The van der Waals surface area contributed by atoms with E-state index in [1.165, 1.54) is 23.7 Å². The van der Waals surface area contributed by atoms with E-state index in [0.29, 0.717) is 5.78 Å². The highest BCUT2D eigenvalue weighted by molar-refractivity contribution is 5.84. The van der Waals surface area contributed by atoms with Gasteiger partial charge in [-0.1, -0.05) is 31.0 Å². The van der Waals surface area contributed by atoms with Crippen LogP contribution >= 0.6 is 0 Å². The zero-order valence-corrected chi connectivity index (χ0v) is 12.1. The second-order valence-corrected chi connectivity index (χ2v) is 5.75. The highest BCUT2D eigenvalue weighted by Gasteiger charge is 2.23. The molecule has 0 saturated heterocycles. The number of aryl methyl sites for hydroxylation is 1. The normalized spacial score (nSPS) is 20.2. The smallest absolute Gasteiger partial charge is 0.136 e. The molecule has 0 amide bonds. The van der Waals surface area contributed by atoms with E-state index >= 15 is 0 Å². The molecule has 0 N–H and O–H groups in total. The Labute approximate surface area is 120 Å². The van der Waals surface area contributed by atoms with E-state index in [1.54, 1.807) is 0 Å². The maximum Gasteiger partial charge on any atom is 0.136 e. The molecular formula is C17H22N2O. The van der Waals surface area contributed by atoms with E-state index < -0.39 is 0 Å². The fraction of sp³-hybridized carbons (Fsp3) is 0.529. The van der Waals surface area contributed by atoms with Crippen LogP contribution in [0.2, 0.25) is 0 Å². The van der Waals surface area contributed by atoms with Gasteiger partial charge in [-0.3, -0.25) is 9.48 Å².